The van der Waals surface area contributed by atoms with E-state index >= 15 is 0 Å². The lowest BCUT2D eigenvalue weighted by atomic mass is 10.1. The molecule has 3 heterocycles. The highest BCUT2D eigenvalue weighted by Crippen LogP contribution is 2.14. The number of amides is 1. The number of rotatable bonds is 3. The fraction of sp³-hybridized carbons (Fsp3) is 0.684. The Kier molecular flexibility index (Phi) is 6.11. The summed E-state index contributed by atoms with van der Waals surface area (Å²) in [6.45, 7) is 9.56. The first-order chi connectivity index (χ1) is 12.5. The second kappa shape index (κ2) is 8.33. The molecule has 144 valence electrons. The van der Waals surface area contributed by atoms with Gasteiger partial charge in [0, 0.05) is 52.1 Å². The van der Waals surface area contributed by atoms with Crippen molar-refractivity contribution < 1.29 is 14.3 Å². The second-order valence-corrected chi connectivity index (χ2v) is 7.22. The lowest BCUT2D eigenvalue weighted by Gasteiger charge is -2.31. The first-order valence-corrected chi connectivity index (χ1v) is 9.35. The zero-order chi connectivity index (χ0) is 18.7. The average Bonchev–Trinajstić information content (AvgIpc) is 2.86. The minimum Gasteiger partial charge on any atom is -0.379 e. The molecular weight excluding hydrogens is 334 g/mol. The van der Waals surface area contributed by atoms with Gasteiger partial charge in [-0.15, -0.1) is 0 Å². The van der Waals surface area contributed by atoms with Crippen molar-refractivity contribution in [1.82, 2.24) is 14.4 Å². The van der Waals surface area contributed by atoms with Crippen LogP contribution in [0.25, 0.3) is 0 Å². The molecule has 1 unspecified atom stereocenters. The van der Waals surface area contributed by atoms with E-state index in [2.05, 4.69) is 4.90 Å². The summed E-state index contributed by atoms with van der Waals surface area (Å²) in [6.07, 6.45) is 0.755. The van der Waals surface area contributed by atoms with E-state index in [0.29, 0.717) is 19.7 Å². The summed E-state index contributed by atoms with van der Waals surface area (Å²) in [4.78, 5) is 29.9. The Morgan fingerprint density at radius 1 is 1.19 bits per heavy atom. The van der Waals surface area contributed by atoms with Crippen LogP contribution in [0, 0.1) is 13.8 Å². The van der Waals surface area contributed by atoms with Crippen molar-refractivity contribution in [3.8, 4) is 0 Å². The molecule has 2 fully saturated rings. The van der Waals surface area contributed by atoms with Gasteiger partial charge in [0.15, 0.2) is 0 Å². The molecule has 0 aliphatic carbocycles. The maximum Gasteiger partial charge on any atom is 0.263 e. The third-order valence-corrected chi connectivity index (χ3v) is 5.28. The first-order valence-electron chi connectivity index (χ1n) is 9.35. The number of hydrogen-bond acceptors (Lipinski definition) is 5. The Morgan fingerprint density at radius 3 is 2.65 bits per heavy atom. The van der Waals surface area contributed by atoms with E-state index in [9.17, 15) is 9.59 Å². The minimum absolute atomic E-state index is 0.0332. The Bertz CT molecular complexity index is 709. The van der Waals surface area contributed by atoms with Gasteiger partial charge in [0.2, 0.25) is 0 Å². The molecular formula is C19H29N3O4. The van der Waals surface area contributed by atoms with Crippen LogP contribution in [-0.4, -0.2) is 78.9 Å². The summed E-state index contributed by atoms with van der Waals surface area (Å²) < 4.78 is 12.9. The van der Waals surface area contributed by atoms with Gasteiger partial charge in [-0.1, -0.05) is 0 Å². The fourth-order valence-corrected chi connectivity index (χ4v) is 3.66. The first kappa shape index (κ1) is 19.1. The van der Waals surface area contributed by atoms with Crippen LogP contribution >= 0.6 is 0 Å². The summed E-state index contributed by atoms with van der Waals surface area (Å²) in [5, 5.41) is 0. The summed E-state index contributed by atoms with van der Waals surface area (Å²) in [5.74, 6) is -0.180. The maximum atomic E-state index is 13.1. The molecule has 0 spiro atoms. The molecule has 2 saturated heterocycles. The quantitative estimate of drug-likeness (QED) is 0.785. The van der Waals surface area contributed by atoms with Crippen molar-refractivity contribution in [2.45, 2.75) is 26.4 Å². The van der Waals surface area contributed by atoms with Crippen LogP contribution in [0.15, 0.2) is 10.9 Å². The SMILES string of the molecule is Cc1cc(C)n(C)c(=O)c1C(=O)N1CCCOC(CN2CCOCC2)C1. The van der Waals surface area contributed by atoms with E-state index < -0.39 is 0 Å². The molecule has 0 bridgehead atoms. The molecule has 1 atom stereocenters. The zero-order valence-electron chi connectivity index (χ0n) is 16.0. The molecule has 1 amide bonds. The van der Waals surface area contributed by atoms with Crippen LogP contribution in [0.2, 0.25) is 0 Å². The molecule has 1 aromatic heterocycles. The van der Waals surface area contributed by atoms with Crippen LogP contribution in [-0.2, 0) is 16.5 Å². The molecule has 1 aromatic rings. The van der Waals surface area contributed by atoms with Crippen molar-refractivity contribution in [1.29, 1.82) is 0 Å². The minimum atomic E-state index is -0.220. The number of nitrogens with zero attached hydrogens (tertiary/aromatic N) is 3. The van der Waals surface area contributed by atoms with Crippen molar-refractivity contribution in [2.75, 3.05) is 52.5 Å². The van der Waals surface area contributed by atoms with Crippen molar-refractivity contribution in [3.05, 3.63) is 33.2 Å². The van der Waals surface area contributed by atoms with Gasteiger partial charge in [-0.25, -0.2) is 0 Å². The standard InChI is InChI=1S/C19H29N3O4/c1-14-11-15(2)20(3)18(23)17(14)19(24)22-5-4-8-26-16(13-22)12-21-6-9-25-10-7-21/h11,16H,4-10,12-13H2,1-3H3. The van der Waals surface area contributed by atoms with E-state index in [4.69, 9.17) is 9.47 Å². The highest BCUT2D eigenvalue weighted by atomic mass is 16.5. The fourth-order valence-electron chi connectivity index (χ4n) is 3.66. The number of aromatic nitrogens is 1. The number of morpholine rings is 1. The van der Waals surface area contributed by atoms with Gasteiger partial charge in [0.05, 0.1) is 19.3 Å². The molecule has 0 radical (unpaired) electrons. The van der Waals surface area contributed by atoms with Crippen molar-refractivity contribution >= 4 is 5.91 Å². The summed E-state index contributed by atoms with van der Waals surface area (Å²) >= 11 is 0. The largest absolute Gasteiger partial charge is 0.379 e. The average molecular weight is 363 g/mol. The Labute approximate surface area is 154 Å². The van der Waals surface area contributed by atoms with Crippen LogP contribution < -0.4 is 5.56 Å². The summed E-state index contributed by atoms with van der Waals surface area (Å²) in [6, 6.07) is 1.90. The predicted molar refractivity (Wildman–Crippen MR) is 98.7 cm³/mol. The lowest BCUT2D eigenvalue weighted by Crippen LogP contribution is -2.46. The van der Waals surface area contributed by atoms with Crippen molar-refractivity contribution in [2.24, 2.45) is 7.05 Å². The Balaban J connectivity index is 1.76. The number of hydrogen-bond donors (Lipinski definition) is 0. The number of ether oxygens (including phenoxy) is 2. The number of carbonyl (C=O) groups excluding carboxylic acids is 1. The molecule has 2 aliphatic heterocycles. The van der Waals surface area contributed by atoms with E-state index in [1.54, 1.807) is 16.5 Å². The van der Waals surface area contributed by atoms with Crippen LogP contribution in [0.4, 0.5) is 0 Å². The third kappa shape index (κ3) is 4.16. The van der Waals surface area contributed by atoms with Gasteiger partial charge in [-0.3, -0.25) is 14.5 Å². The number of pyridine rings is 1. The monoisotopic (exact) mass is 363 g/mol. The van der Waals surface area contributed by atoms with Gasteiger partial charge < -0.3 is 18.9 Å². The van der Waals surface area contributed by atoms with E-state index in [-0.39, 0.29) is 23.1 Å². The van der Waals surface area contributed by atoms with Crippen LogP contribution in [0.3, 0.4) is 0 Å². The molecule has 7 nitrogen and oxygen atoms in total. The van der Waals surface area contributed by atoms with Gasteiger partial charge in [0.25, 0.3) is 11.5 Å². The lowest BCUT2D eigenvalue weighted by molar-refractivity contribution is -0.0112. The second-order valence-electron chi connectivity index (χ2n) is 7.22. The molecule has 0 N–H and O–H groups in total. The van der Waals surface area contributed by atoms with Crippen LogP contribution in [0.1, 0.15) is 28.0 Å². The molecule has 2 aliphatic rings. The Hall–Kier alpha value is -1.70. The van der Waals surface area contributed by atoms with E-state index in [1.165, 1.54) is 0 Å². The smallest absolute Gasteiger partial charge is 0.263 e. The van der Waals surface area contributed by atoms with Crippen molar-refractivity contribution in [3.63, 3.8) is 0 Å². The molecule has 7 heteroatoms. The van der Waals surface area contributed by atoms with E-state index in [0.717, 1.165) is 50.5 Å². The van der Waals surface area contributed by atoms with Gasteiger partial charge >= 0.3 is 0 Å². The highest BCUT2D eigenvalue weighted by molar-refractivity contribution is 5.95. The predicted octanol–water partition coefficient (Wildman–Crippen LogP) is 0.565. The normalized spacial score (nSPS) is 22.3. The van der Waals surface area contributed by atoms with Gasteiger partial charge in [-0.2, -0.15) is 0 Å². The topological polar surface area (TPSA) is 64.0 Å². The van der Waals surface area contributed by atoms with Crippen LogP contribution in [0.5, 0.6) is 0 Å². The molecule has 0 saturated carbocycles. The third-order valence-electron chi connectivity index (χ3n) is 5.28. The van der Waals surface area contributed by atoms with Gasteiger partial charge in [0.1, 0.15) is 5.56 Å². The Morgan fingerprint density at radius 2 is 1.92 bits per heavy atom. The van der Waals surface area contributed by atoms with Gasteiger partial charge in [-0.05, 0) is 31.9 Å². The number of carbonyl (C=O) groups is 1. The summed E-state index contributed by atoms with van der Waals surface area (Å²) in [7, 11) is 1.71. The van der Waals surface area contributed by atoms with E-state index in [1.807, 2.05) is 19.9 Å². The zero-order valence-corrected chi connectivity index (χ0v) is 16.0. The number of aryl methyl sites for hydroxylation is 2. The summed E-state index contributed by atoms with van der Waals surface area (Å²) in [5.41, 5.74) is 1.66. The molecule has 26 heavy (non-hydrogen) atoms. The maximum absolute atomic E-state index is 13.1. The highest BCUT2D eigenvalue weighted by Gasteiger charge is 2.28. The molecule has 3 rings (SSSR count). The molecule has 0 aromatic carbocycles.